The van der Waals surface area contributed by atoms with Gasteiger partial charge >= 0.3 is 0 Å². The Bertz CT molecular complexity index is 666. The first-order valence-corrected chi connectivity index (χ1v) is 6.65. The Morgan fingerprint density at radius 2 is 1.76 bits per heavy atom. The minimum atomic E-state index is -0.619. The fourth-order valence-corrected chi connectivity index (χ4v) is 2.35. The number of benzene rings is 2. The van der Waals surface area contributed by atoms with Gasteiger partial charge in [-0.05, 0) is 38.5 Å². The van der Waals surface area contributed by atoms with Crippen molar-refractivity contribution in [3.05, 3.63) is 69.0 Å². The molecule has 0 aliphatic carbocycles. The second kappa shape index (κ2) is 5.91. The van der Waals surface area contributed by atoms with Gasteiger partial charge in [-0.25, -0.2) is 4.39 Å². The average molecular weight is 288 g/mol. The van der Waals surface area contributed by atoms with Crippen LogP contribution >= 0.6 is 0 Å². The molecule has 0 heterocycles. The molecule has 2 aromatic rings. The van der Waals surface area contributed by atoms with E-state index >= 15 is 0 Å². The molecular formula is C16H17FN2O2. The van der Waals surface area contributed by atoms with Gasteiger partial charge in [-0.1, -0.05) is 29.3 Å². The number of rotatable bonds is 4. The van der Waals surface area contributed by atoms with Crippen molar-refractivity contribution in [1.82, 2.24) is 0 Å². The van der Waals surface area contributed by atoms with Crippen LogP contribution in [0, 0.1) is 29.8 Å². The Morgan fingerprint density at radius 1 is 1.14 bits per heavy atom. The number of nitrogens with zero attached hydrogens (tertiary/aromatic N) is 1. The van der Waals surface area contributed by atoms with Crippen molar-refractivity contribution in [3.8, 4) is 0 Å². The lowest BCUT2D eigenvalue weighted by Gasteiger charge is -2.17. The highest BCUT2D eigenvalue weighted by molar-refractivity contribution is 5.62. The van der Waals surface area contributed by atoms with Gasteiger partial charge < -0.3 is 5.32 Å². The minimum Gasteiger partial charge on any atom is -0.373 e. The molecule has 0 aliphatic heterocycles. The van der Waals surface area contributed by atoms with Gasteiger partial charge in [0.1, 0.15) is 11.5 Å². The normalized spacial score (nSPS) is 12.0. The Morgan fingerprint density at radius 3 is 2.33 bits per heavy atom. The molecule has 0 aliphatic rings. The van der Waals surface area contributed by atoms with Crippen LogP contribution in [0.1, 0.15) is 29.7 Å². The highest BCUT2D eigenvalue weighted by Crippen LogP contribution is 2.29. The van der Waals surface area contributed by atoms with Crippen molar-refractivity contribution in [2.24, 2.45) is 0 Å². The molecule has 4 nitrogen and oxygen atoms in total. The first kappa shape index (κ1) is 15.0. The summed E-state index contributed by atoms with van der Waals surface area (Å²) in [7, 11) is 0. The number of nitro benzene ring substituents is 1. The van der Waals surface area contributed by atoms with Crippen molar-refractivity contribution in [1.29, 1.82) is 0 Å². The average Bonchev–Trinajstić information content (AvgIpc) is 2.39. The second-order valence-electron chi connectivity index (χ2n) is 5.21. The molecular weight excluding hydrogens is 271 g/mol. The summed E-state index contributed by atoms with van der Waals surface area (Å²) in [4.78, 5) is 10.4. The Labute approximate surface area is 122 Å². The molecule has 0 amide bonds. The summed E-state index contributed by atoms with van der Waals surface area (Å²) in [6.45, 7) is 5.93. The zero-order valence-corrected chi connectivity index (χ0v) is 12.2. The van der Waals surface area contributed by atoms with Crippen molar-refractivity contribution < 1.29 is 9.31 Å². The lowest BCUT2D eigenvalue weighted by Crippen LogP contribution is -2.09. The van der Waals surface area contributed by atoms with E-state index in [1.165, 1.54) is 12.1 Å². The number of hydrogen-bond acceptors (Lipinski definition) is 3. The summed E-state index contributed by atoms with van der Waals surface area (Å²) in [5.74, 6) is -0.619. The molecule has 5 heteroatoms. The van der Waals surface area contributed by atoms with E-state index in [4.69, 9.17) is 0 Å². The number of aryl methyl sites for hydroxylation is 2. The molecule has 0 aromatic heterocycles. The summed E-state index contributed by atoms with van der Waals surface area (Å²) in [6.07, 6.45) is 0. The van der Waals surface area contributed by atoms with Gasteiger partial charge in [-0.2, -0.15) is 0 Å². The fraction of sp³-hybridized carbons (Fsp3) is 0.250. The molecule has 0 radical (unpaired) electrons. The van der Waals surface area contributed by atoms with E-state index in [1.54, 1.807) is 0 Å². The Kier molecular flexibility index (Phi) is 4.21. The van der Waals surface area contributed by atoms with Crippen LogP contribution in [0.2, 0.25) is 0 Å². The van der Waals surface area contributed by atoms with Gasteiger partial charge in [0, 0.05) is 6.04 Å². The van der Waals surface area contributed by atoms with Gasteiger partial charge in [0.25, 0.3) is 5.69 Å². The van der Waals surface area contributed by atoms with Crippen LogP contribution in [0.4, 0.5) is 15.8 Å². The molecule has 1 N–H and O–H groups in total. The summed E-state index contributed by atoms with van der Waals surface area (Å²) in [5.41, 5.74) is 3.35. The molecule has 0 saturated heterocycles. The first-order chi connectivity index (χ1) is 9.86. The Hall–Kier alpha value is -2.43. The molecule has 0 bridgehead atoms. The van der Waals surface area contributed by atoms with Crippen molar-refractivity contribution in [2.75, 3.05) is 5.32 Å². The van der Waals surface area contributed by atoms with E-state index in [0.29, 0.717) is 5.69 Å². The van der Waals surface area contributed by atoms with Crippen LogP contribution in [0.5, 0.6) is 0 Å². The van der Waals surface area contributed by atoms with Gasteiger partial charge in [-0.15, -0.1) is 0 Å². The second-order valence-corrected chi connectivity index (χ2v) is 5.21. The van der Waals surface area contributed by atoms with Crippen LogP contribution in [0.15, 0.2) is 36.4 Å². The molecule has 21 heavy (non-hydrogen) atoms. The number of anilines is 1. The van der Waals surface area contributed by atoms with Gasteiger partial charge in [0.2, 0.25) is 0 Å². The highest BCUT2D eigenvalue weighted by Gasteiger charge is 2.17. The topological polar surface area (TPSA) is 55.2 Å². The molecule has 110 valence electrons. The molecule has 2 rings (SSSR count). The zero-order valence-electron chi connectivity index (χ0n) is 12.2. The summed E-state index contributed by atoms with van der Waals surface area (Å²) in [5, 5.41) is 14.1. The molecule has 0 fully saturated rings. The number of nitrogens with one attached hydrogen (secondary N) is 1. The Balaban J connectivity index is 2.31. The third kappa shape index (κ3) is 3.56. The molecule has 1 unspecified atom stereocenters. The van der Waals surface area contributed by atoms with Crippen LogP contribution in [0.3, 0.4) is 0 Å². The maximum atomic E-state index is 13.1. The van der Waals surface area contributed by atoms with Gasteiger partial charge in [0.05, 0.1) is 11.0 Å². The quantitative estimate of drug-likeness (QED) is 0.664. The van der Waals surface area contributed by atoms with Crippen LogP contribution in [-0.2, 0) is 0 Å². The maximum Gasteiger partial charge on any atom is 0.295 e. The van der Waals surface area contributed by atoms with Crippen molar-refractivity contribution in [3.63, 3.8) is 0 Å². The summed E-state index contributed by atoms with van der Waals surface area (Å²) < 4.78 is 13.1. The third-order valence-corrected chi connectivity index (χ3v) is 3.27. The molecule has 0 spiro atoms. The smallest absolute Gasteiger partial charge is 0.295 e. The molecule has 2 aromatic carbocycles. The maximum absolute atomic E-state index is 13.1. The first-order valence-electron chi connectivity index (χ1n) is 6.65. The van der Waals surface area contributed by atoms with Gasteiger partial charge in [-0.3, -0.25) is 10.1 Å². The summed E-state index contributed by atoms with van der Waals surface area (Å²) in [6, 6.07) is 9.54. The van der Waals surface area contributed by atoms with E-state index in [9.17, 15) is 14.5 Å². The van der Waals surface area contributed by atoms with E-state index in [0.717, 1.165) is 22.8 Å². The zero-order chi connectivity index (χ0) is 15.6. The van der Waals surface area contributed by atoms with Crippen LogP contribution in [0.25, 0.3) is 0 Å². The van der Waals surface area contributed by atoms with Gasteiger partial charge in [0.15, 0.2) is 0 Å². The third-order valence-electron chi connectivity index (χ3n) is 3.27. The largest absolute Gasteiger partial charge is 0.373 e. The van der Waals surface area contributed by atoms with Crippen LogP contribution in [-0.4, -0.2) is 4.92 Å². The number of hydrogen-bond donors (Lipinski definition) is 1. The van der Waals surface area contributed by atoms with E-state index in [-0.39, 0.29) is 11.7 Å². The predicted molar refractivity (Wildman–Crippen MR) is 81.0 cm³/mol. The molecule has 1 atom stereocenters. The fourth-order valence-electron chi connectivity index (χ4n) is 2.35. The molecule has 0 saturated carbocycles. The van der Waals surface area contributed by atoms with Crippen molar-refractivity contribution in [2.45, 2.75) is 26.8 Å². The van der Waals surface area contributed by atoms with Crippen LogP contribution < -0.4 is 5.32 Å². The van der Waals surface area contributed by atoms with Crippen molar-refractivity contribution >= 4 is 11.4 Å². The predicted octanol–water partition coefficient (Wildman–Crippen LogP) is 4.52. The summed E-state index contributed by atoms with van der Waals surface area (Å²) >= 11 is 0. The van der Waals surface area contributed by atoms with E-state index < -0.39 is 10.7 Å². The lowest BCUT2D eigenvalue weighted by molar-refractivity contribution is -0.384. The number of nitro groups is 1. The van der Waals surface area contributed by atoms with E-state index in [2.05, 4.69) is 11.4 Å². The standard InChI is InChI=1S/C16H17FN2O2/c1-10-6-11(2)8-13(7-10)12(3)18-15-5-4-14(17)9-16(15)19(20)21/h4-9,12,18H,1-3H3. The minimum absolute atomic E-state index is 0.118. The monoisotopic (exact) mass is 288 g/mol. The van der Waals surface area contributed by atoms with E-state index in [1.807, 2.05) is 32.9 Å². The SMILES string of the molecule is Cc1cc(C)cc(C(C)Nc2ccc(F)cc2[N+](=O)[O-])c1. The lowest BCUT2D eigenvalue weighted by atomic mass is 10.0. The highest BCUT2D eigenvalue weighted by atomic mass is 19.1. The number of halogens is 1.